The first-order valence-corrected chi connectivity index (χ1v) is 9.91. The fourth-order valence-corrected chi connectivity index (χ4v) is 3.02. The summed E-state index contributed by atoms with van der Waals surface area (Å²) in [4.78, 5) is 20.4. The van der Waals surface area contributed by atoms with Gasteiger partial charge in [-0.05, 0) is 36.4 Å². The average molecular weight is 428 g/mol. The van der Waals surface area contributed by atoms with Crippen LogP contribution in [0.5, 0.6) is 5.88 Å². The molecule has 1 aliphatic heterocycles. The summed E-state index contributed by atoms with van der Waals surface area (Å²) < 4.78 is 6.04. The second-order valence-corrected chi connectivity index (χ2v) is 6.99. The lowest BCUT2D eigenvalue weighted by atomic mass is 10.3. The molecule has 1 saturated heterocycles. The molecule has 1 N–H and O–H groups in total. The molecule has 0 aromatic carbocycles. The van der Waals surface area contributed by atoms with Crippen LogP contribution >= 0.6 is 15.9 Å². The van der Waals surface area contributed by atoms with E-state index >= 15 is 0 Å². The summed E-state index contributed by atoms with van der Waals surface area (Å²) in [6, 6.07) is 0. The lowest BCUT2D eigenvalue weighted by Gasteiger charge is -2.36. The molecule has 26 heavy (non-hydrogen) atoms. The number of likely N-dealkylation sites (N-methyl/N-ethyl adjacent to an activating group) is 1. The highest BCUT2D eigenvalue weighted by Gasteiger charge is 2.22. The molecule has 0 atom stereocenters. The Balaban J connectivity index is 1.95. The van der Waals surface area contributed by atoms with Gasteiger partial charge in [-0.15, -0.1) is 0 Å². The second kappa shape index (κ2) is 10.5. The van der Waals surface area contributed by atoms with Gasteiger partial charge in [0, 0.05) is 39.3 Å². The van der Waals surface area contributed by atoms with Gasteiger partial charge in [-0.1, -0.05) is 6.92 Å². The van der Waals surface area contributed by atoms with Gasteiger partial charge < -0.3 is 24.8 Å². The molecular weight excluding hydrogens is 398 g/mol. The average Bonchev–Trinajstić information content (AvgIpc) is 2.67. The number of rotatable bonds is 7. The molecule has 8 nitrogen and oxygen atoms in total. The molecule has 146 valence electrons. The van der Waals surface area contributed by atoms with Gasteiger partial charge in [-0.25, -0.2) is 4.98 Å². The second-order valence-electron chi connectivity index (χ2n) is 6.13. The van der Waals surface area contributed by atoms with Gasteiger partial charge in [0.05, 0.1) is 24.3 Å². The summed E-state index contributed by atoms with van der Waals surface area (Å²) in [5.74, 6) is 2.26. The third-order valence-electron chi connectivity index (χ3n) is 4.37. The van der Waals surface area contributed by atoms with Crippen LogP contribution in [0.4, 0.5) is 5.95 Å². The van der Waals surface area contributed by atoms with E-state index in [1.807, 2.05) is 0 Å². The molecule has 0 amide bonds. The predicted octanol–water partition coefficient (Wildman–Crippen LogP) is 1.29. The van der Waals surface area contributed by atoms with Crippen molar-refractivity contribution in [2.75, 3.05) is 71.4 Å². The van der Waals surface area contributed by atoms with E-state index in [-0.39, 0.29) is 0 Å². The van der Waals surface area contributed by atoms with Gasteiger partial charge in [-0.3, -0.25) is 4.99 Å². The van der Waals surface area contributed by atoms with Crippen LogP contribution in [0.3, 0.4) is 0 Å². The fourth-order valence-electron chi connectivity index (χ4n) is 2.67. The Labute approximate surface area is 164 Å². The molecule has 1 fully saturated rings. The summed E-state index contributed by atoms with van der Waals surface area (Å²) in [5, 5.41) is 3.41. The molecule has 0 unspecified atom stereocenters. The van der Waals surface area contributed by atoms with Crippen molar-refractivity contribution >= 4 is 27.8 Å². The Hall–Kier alpha value is -1.61. The smallest absolute Gasteiger partial charge is 0.232 e. The minimum absolute atomic E-state index is 0.562. The van der Waals surface area contributed by atoms with Gasteiger partial charge in [0.25, 0.3) is 0 Å². The number of aliphatic imine (C=N–C) groups is 1. The quantitative estimate of drug-likeness (QED) is 0.519. The molecule has 0 spiro atoms. The van der Waals surface area contributed by atoms with Crippen LogP contribution in [0, 0.1) is 0 Å². The van der Waals surface area contributed by atoms with E-state index in [0.29, 0.717) is 11.8 Å². The fraction of sp³-hybridized carbons (Fsp3) is 0.706. The van der Waals surface area contributed by atoms with E-state index in [9.17, 15) is 0 Å². The Morgan fingerprint density at radius 1 is 1.35 bits per heavy atom. The van der Waals surface area contributed by atoms with E-state index in [4.69, 9.17) is 9.73 Å². The minimum Gasteiger partial charge on any atom is -0.480 e. The lowest BCUT2D eigenvalue weighted by molar-refractivity contribution is 0.353. The minimum atomic E-state index is 0.562. The summed E-state index contributed by atoms with van der Waals surface area (Å²) in [5.41, 5.74) is 0. The van der Waals surface area contributed by atoms with E-state index in [1.54, 1.807) is 13.3 Å². The molecule has 1 aliphatic rings. The maximum Gasteiger partial charge on any atom is 0.232 e. The summed E-state index contributed by atoms with van der Waals surface area (Å²) >= 11 is 3.40. The Morgan fingerprint density at radius 2 is 2.08 bits per heavy atom. The van der Waals surface area contributed by atoms with Crippen molar-refractivity contribution < 1.29 is 4.74 Å². The zero-order valence-corrected chi connectivity index (χ0v) is 17.8. The van der Waals surface area contributed by atoms with Crippen molar-refractivity contribution in [1.29, 1.82) is 0 Å². The van der Waals surface area contributed by atoms with Crippen LogP contribution in [0.15, 0.2) is 15.7 Å². The normalized spacial score (nSPS) is 15.5. The number of hydrogen-bond acceptors (Lipinski definition) is 6. The predicted molar refractivity (Wildman–Crippen MR) is 109 cm³/mol. The zero-order chi connectivity index (χ0) is 18.9. The first-order valence-electron chi connectivity index (χ1n) is 9.12. The number of nitrogens with zero attached hydrogens (tertiary/aromatic N) is 6. The number of ether oxygens (including phenoxy) is 1. The highest BCUT2D eigenvalue weighted by atomic mass is 79.9. The number of halogens is 1. The molecule has 1 aromatic rings. The Kier molecular flexibility index (Phi) is 8.37. The van der Waals surface area contributed by atoms with Gasteiger partial charge >= 0.3 is 0 Å². The molecule has 0 bridgehead atoms. The number of guanidine groups is 1. The van der Waals surface area contributed by atoms with E-state index in [2.05, 4.69) is 66.8 Å². The van der Waals surface area contributed by atoms with Crippen LogP contribution in [0.2, 0.25) is 0 Å². The third kappa shape index (κ3) is 5.70. The van der Waals surface area contributed by atoms with Crippen molar-refractivity contribution in [2.45, 2.75) is 13.8 Å². The largest absolute Gasteiger partial charge is 0.480 e. The zero-order valence-electron chi connectivity index (χ0n) is 16.2. The molecule has 2 heterocycles. The van der Waals surface area contributed by atoms with Crippen LogP contribution in [0.25, 0.3) is 0 Å². The van der Waals surface area contributed by atoms with E-state index < -0.39 is 0 Å². The molecule has 0 radical (unpaired) electrons. The first-order chi connectivity index (χ1) is 12.6. The van der Waals surface area contributed by atoms with Crippen molar-refractivity contribution in [3.8, 4) is 5.88 Å². The van der Waals surface area contributed by atoms with Gasteiger partial charge in [0.15, 0.2) is 5.96 Å². The van der Waals surface area contributed by atoms with Gasteiger partial charge in [-0.2, -0.15) is 4.98 Å². The lowest BCUT2D eigenvalue weighted by Crippen LogP contribution is -2.53. The topological polar surface area (TPSA) is 69.1 Å². The van der Waals surface area contributed by atoms with Crippen molar-refractivity contribution in [3.05, 3.63) is 10.7 Å². The maximum absolute atomic E-state index is 5.27. The SMILES string of the molecule is CCNC(=NCCN(C)CC)N1CCN(c2ncc(Br)c(OC)n2)CC1. The highest BCUT2D eigenvalue weighted by Crippen LogP contribution is 2.23. The molecule has 2 rings (SSSR count). The number of nitrogens with one attached hydrogen (secondary N) is 1. The van der Waals surface area contributed by atoms with Crippen molar-refractivity contribution in [1.82, 2.24) is 25.1 Å². The number of methoxy groups -OCH3 is 1. The first kappa shape index (κ1) is 20.7. The highest BCUT2D eigenvalue weighted by molar-refractivity contribution is 9.10. The van der Waals surface area contributed by atoms with E-state index in [1.165, 1.54) is 0 Å². The summed E-state index contributed by atoms with van der Waals surface area (Å²) in [6.45, 7) is 11.4. The van der Waals surface area contributed by atoms with Crippen LogP contribution in [-0.4, -0.2) is 92.2 Å². The molecule has 1 aromatic heterocycles. The van der Waals surface area contributed by atoms with Crippen LogP contribution in [0.1, 0.15) is 13.8 Å². The molecule has 0 saturated carbocycles. The van der Waals surface area contributed by atoms with E-state index in [0.717, 1.165) is 62.8 Å². The summed E-state index contributed by atoms with van der Waals surface area (Å²) in [7, 11) is 3.73. The van der Waals surface area contributed by atoms with Gasteiger partial charge in [0.2, 0.25) is 11.8 Å². The Morgan fingerprint density at radius 3 is 2.69 bits per heavy atom. The number of anilines is 1. The number of piperazine rings is 1. The molecule has 0 aliphatic carbocycles. The third-order valence-corrected chi connectivity index (χ3v) is 4.92. The van der Waals surface area contributed by atoms with Crippen molar-refractivity contribution in [3.63, 3.8) is 0 Å². The van der Waals surface area contributed by atoms with Crippen LogP contribution in [-0.2, 0) is 0 Å². The van der Waals surface area contributed by atoms with Crippen molar-refractivity contribution in [2.24, 2.45) is 4.99 Å². The monoisotopic (exact) mass is 427 g/mol. The molecule has 9 heteroatoms. The van der Waals surface area contributed by atoms with Crippen LogP contribution < -0.4 is 15.0 Å². The maximum atomic E-state index is 5.27. The Bertz CT molecular complexity index is 590. The number of hydrogen-bond donors (Lipinski definition) is 1. The molecular formula is C17H30BrN7O. The summed E-state index contributed by atoms with van der Waals surface area (Å²) in [6.07, 6.45) is 1.74. The van der Waals surface area contributed by atoms with Gasteiger partial charge in [0.1, 0.15) is 0 Å². The number of aromatic nitrogens is 2. The standard InChI is InChI=1S/C17H30BrN7O/c1-5-19-16(20-7-8-23(3)6-2)24-9-11-25(12-10-24)17-21-13-14(18)15(22-17)26-4/h13H,5-12H2,1-4H3,(H,19,20).